The Morgan fingerprint density at radius 2 is 1.90 bits per heavy atom. The van der Waals surface area contributed by atoms with Gasteiger partial charge in [-0.15, -0.1) is 0 Å². The Hall–Kier alpha value is -1.68. The Kier molecular flexibility index (Phi) is 5.51. The van der Waals surface area contributed by atoms with Crippen LogP contribution in [0.5, 0.6) is 0 Å². The van der Waals surface area contributed by atoms with Crippen molar-refractivity contribution in [1.29, 1.82) is 0 Å². The molecule has 0 aliphatic carbocycles. The summed E-state index contributed by atoms with van der Waals surface area (Å²) in [5.74, 6) is -0.834. The number of hydrogen-bond acceptors (Lipinski definition) is 1. The summed E-state index contributed by atoms with van der Waals surface area (Å²) >= 11 is 3.40. The van der Waals surface area contributed by atoms with Gasteiger partial charge in [0.15, 0.2) is 0 Å². The molecule has 0 spiro atoms. The Labute approximate surface area is 132 Å². The molecule has 0 fully saturated rings. The van der Waals surface area contributed by atoms with E-state index in [0.717, 1.165) is 5.56 Å². The summed E-state index contributed by atoms with van der Waals surface area (Å²) in [6.45, 7) is 1.65. The van der Waals surface area contributed by atoms with Crippen LogP contribution in [0.3, 0.4) is 0 Å². The van der Waals surface area contributed by atoms with E-state index in [1.54, 1.807) is 19.1 Å². The molecule has 1 unspecified atom stereocenters. The first-order valence-corrected chi connectivity index (χ1v) is 7.90. The summed E-state index contributed by atoms with van der Waals surface area (Å²) in [6, 6.07) is 14.7. The van der Waals surface area contributed by atoms with Crippen LogP contribution < -0.4 is 5.32 Å². The zero-order valence-electron chi connectivity index (χ0n) is 11.8. The highest BCUT2D eigenvalue weighted by Crippen LogP contribution is 2.13. The second kappa shape index (κ2) is 7.36. The van der Waals surface area contributed by atoms with Gasteiger partial charge in [0.2, 0.25) is 0 Å². The quantitative estimate of drug-likeness (QED) is 0.815. The van der Waals surface area contributed by atoms with Crippen molar-refractivity contribution < 1.29 is 9.18 Å². The van der Waals surface area contributed by atoms with E-state index in [1.165, 1.54) is 6.07 Å². The summed E-state index contributed by atoms with van der Waals surface area (Å²) in [4.78, 5) is 12.2. The molecule has 0 radical (unpaired) electrons. The molecule has 0 aromatic heterocycles. The standard InChI is InChI=1S/C17H17BrFNO/c1-12-6-5-9-15(16(12)19)17(21)20-14(11-18)10-13-7-3-2-4-8-13/h2-9,14H,10-11H2,1H3,(H,20,21). The molecule has 2 aromatic carbocycles. The van der Waals surface area contributed by atoms with Gasteiger partial charge < -0.3 is 5.32 Å². The molecule has 0 aliphatic heterocycles. The van der Waals surface area contributed by atoms with Crippen LogP contribution in [0, 0.1) is 12.7 Å². The maximum Gasteiger partial charge on any atom is 0.254 e. The molecular formula is C17H17BrFNO. The predicted molar refractivity (Wildman–Crippen MR) is 86.3 cm³/mol. The number of hydrogen-bond donors (Lipinski definition) is 1. The van der Waals surface area contributed by atoms with E-state index < -0.39 is 5.82 Å². The molecular weight excluding hydrogens is 333 g/mol. The van der Waals surface area contributed by atoms with E-state index in [2.05, 4.69) is 21.2 Å². The highest BCUT2D eigenvalue weighted by molar-refractivity contribution is 9.09. The first-order valence-electron chi connectivity index (χ1n) is 6.77. The summed E-state index contributed by atoms with van der Waals surface area (Å²) in [6.07, 6.45) is 0.700. The third-order valence-electron chi connectivity index (χ3n) is 3.28. The number of carbonyl (C=O) groups excluding carboxylic acids is 1. The number of halogens is 2. The Bertz CT molecular complexity index is 615. The monoisotopic (exact) mass is 349 g/mol. The van der Waals surface area contributed by atoms with Gasteiger partial charge >= 0.3 is 0 Å². The largest absolute Gasteiger partial charge is 0.348 e. The third kappa shape index (κ3) is 4.14. The molecule has 4 heteroatoms. The molecule has 2 nitrogen and oxygen atoms in total. The van der Waals surface area contributed by atoms with E-state index in [0.29, 0.717) is 17.3 Å². The van der Waals surface area contributed by atoms with Crippen LogP contribution in [0.2, 0.25) is 0 Å². The van der Waals surface area contributed by atoms with Crippen LogP contribution in [-0.4, -0.2) is 17.3 Å². The van der Waals surface area contributed by atoms with Gasteiger partial charge in [-0.1, -0.05) is 58.4 Å². The van der Waals surface area contributed by atoms with Crippen molar-refractivity contribution in [3.05, 3.63) is 71.0 Å². The van der Waals surface area contributed by atoms with Gasteiger partial charge in [-0.25, -0.2) is 4.39 Å². The summed E-state index contributed by atoms with van der Waals surface area (Å²) in [7, 11) is 0. The van der Waals surface area contributed by atoms with Gasteiger partial charge in [0, 0.05) is 11.4 Å². The van der Waals surface area contributed by atoms with Crippen LogP contribution in [0.25, 0.3) is 0 Å². The number of benzene rings is 2. The minimum Gasteiger partial charge on any atom is -0.348 e. The van der Waals surface area contributed by atoms with E-state index >= 15 is 0 Å². The number of rotatable bonds is 5. The van der Waals surface area contributed by atoms with Crippen LogP contribution >= 0.6 is 15.9 Å². The van der Waals surface area contributed by atoms with E-state index in [4.69, 9.17) is 0 Å². The number of carbonyl (C=O) groups is 1. The molecule has 0 saturated heterocycles. The van der Waals surface area contributed by atoms with Crippen molar-refractivity contribution in [2.75, 3.05) is 5.33 Å². The Morgan fingerprint density at radius 3 is 2.57 bits per heavy atom. The van der Waals surface area contributed by atoms with Gasteiger partial charge in [-0.3, -0.25) is 4.79 Å². The van der Waals surface area contributed by atoms with Gasteiger partial charge in [-0.05, 0) is 30.5 Å². The zero-order valence-corrected chi connectivity index (χ0v) is 13.4. The lowest BCUT2D eigenvalue weighted by atomic mass is 10.1. The van der Waals surface area contributed by atoms with Gasteiger partial charge in [0.1, 0.15) is 5.82 Å². The van der Waals surface area contributed by atoms with Crippen LogP contribution in [0.15, 0.2) is 48.5 Å². The number of amides is 1. The fourth-order valence-electron chi connectivity index (χ4n) is 2.13. The molecule has 0 heterocycles. The fraction of sp³-hybridized carbons (Fsp3) is 0.235. The predicted octanol–water partition coefficient (Wildman–Crippen LogP) is 3.87. The minimum atomic E-state index is -0.456. The number of aryl methyl sites for hydroxylation is 1. The van der Waals surface area contributed by atoms with Crippen LogP contribution in [0.1, 0.15) is 21.5 Å². The molecule has 21 heavy (non-hydrogen) atoms. The maximum absolute atomic E-state index is 14.0. The Balaban J connectivity index is 2.08. The normalized spacial score (nSPS) is 12.0. The van der Waals surface area contributed by atoms with Crippen LogP contribution in [0.4, 0.5) is 4.39 Å². The lowest BCUT2D eigenvalue weighted by Crippen LogP contribution is -2.38. The van der Waals surface area contributed by atoms with Crippen LogP contribution in [-0.2, 0) is 6.42 Å². The maximum atomic E-state index is 14.0. The van der Waals surface area contributed by atoms with E-state index in [9.17, 15) is 9.18 Å². The highest BCUT2D eigenvalue weighted by Gasteiger charge is 2.17. The van der Waals surface area contributed by atoms with Crippen molar-refractivity contribution in [2.45, 2.75) is 19.4 Å². The average molecular weight is 350 g/mol. The first-order chi connectivity index (χ1) is 10.1. The van der Waals surface area contributed by atoms with Crippen molar-refractivity contribution in [3.63, 3.8) is 0 Å². The minimum absolute atomic E-state index is 0.0835. The molecule has 1 atom stereocenters. The smallest absolute Gasteiger partial charge is 0.254 e. The lowest BCUT2D eigenvalue weighted by Gasteiger charge is -2.17. The molecule has 0 aliphatic rings. The molecule has 1 N–H and O–H groups in total. The molecule has 1 amide bonds. The Morgan fingerprint density at radius 1 is 1.19 bits per heavy atom. The average Bonchev–Trinajstić information content (AvgIpc) is 2.50. The topological polar surface area (TPSA) is 29.1 Å². The van der Waals surface area contributed by atoms with Gasteiger partial charge in [0.05, 0.1) is 5.56 Å². The molecule has 110 valence electrons. The fourth-order valence-corrected chi connectivity index (χ4v) is 2.52. The second-order valence-corrected chi connectivity index (χ2v) is 5.60. The number of alkyl halides is 1. The van der Waals surface area contributed by atoms with Crippen molar-refractivity contribution in [1.82, 2.24) is 5.32 Å². The lowest BCUT2D eigenvalue weighted by molar-refractivity contribution is 0.0937. The summed E-state index contributed by atoms with van der Waals surface area (Å²) in [5.41, 5.74) is 1.70. The number of nitrogens with one attached hydrogen (secondary N) is 1. The molecule has 2 rings (SSSR count). The van der Waals surface area contributed by atoms with Gasteiger partial charge in [0.25, 0.3) is 5.91 Å². The molecule has 0 saturated carbocycles. The summed E-state index contributed by atoms with van der Waals surface area (Å²) in [5, 5.41) is 3.49. The second-order valence-electron chi connectivity index (χ2n) is 4.95. The van der Waals surface area contributed by atoms with E-state index in [-0.39, 0.29) is 17.5 Å². The van der Waals surface area contributed by atoms with Gasteiger partial charge in [-0.2, -0.15) is 0 Å². The molecule has 0 bridgehead atoms. The SMILES string of the molecule is Cc1cccc(C(=O)NC(CBr)Cc2ccccc2)c1F. The van der Waals surface area contributed by atoms with E-state index in [1.807, 2.05) is 30.3 Å². The highest BCUT2D eigenvalue weighted by atomic mass is 79.9. The van der Waals surface area contributed by atoms with Crippen molar-refractivity contribution >= 4 is 21.8 Å². The first kappa shape index (κ1) is 15.7. The zero-order chi connectivity index (χ0) is 15.2. The summed E-state index contributed by atoms with van der Waals surface area (Å²) < 4.78 is 14.0. The van der Waals surface area contributed by atoms with Crippen molar-refractivity contribution in [2.24, 2.45) is 0 Å². The molecule has 2 aromatic rings. The van der Waals surface area contributed by atoms with Crippen molar-refractivity contribution in [3.8, 4) is 0 Å². The third-order valence-corrected chi connectivity index (χ3v) is 4.06.